The highest BCUT2D eigenvalue weighted by Crippen LogP contribution is 2.22. The fourth-order valence-corrected chi connectivity index (χ4v) is 3.16. The minimum absolute atomic E-state index is 0.176. The number of aliphatic imine (C=N–C) groups is 1. The monoisotopic (exact) mass is 497 g/mol. The van der Waals surface area contributed by atoms with E-state index in [9.17, 15) is 14.0 Å². The van der Waals surface area contributed by atoms with Crippen molar-refractivity contribution in [3.63, 3.8) is 0 Å². The molecule has 2 amide bonds. The van der Waals surface area contributed by atoms with E-state index in [1.54, 1.807) is 55.9 Å². The van der Waals surface area contributed by atoms with Crippen molar-refractivity contribution in [2.24, 2.45) is 4.99 Å². The van der Waals surface area contributed by atoms with E-state index in [4.69, 9.17) is 4.74 Å². The summed E-state index contributed by atoms with van der Waals surface area (Å²) in [5.74, 6) is -0.523. The molecule has 0 saturated carbocycles. The van der Waals surface area contributed by atoms with Crippen LogP contribution in [0, 0.1) is 12.7 Å². The van der Waals surface area contributed by atoms with Gasteiger partial charge in [-0.2, -0.15) is 0 Å². The van der Waals surface area contributed by atoms with Crippen molar-refractivity contribution < 1.29 is 18.7 Å². The first kappa shape index (κ1) is 26.8. The molecule has 0 saturated heterocycles. The van der Waals surface area contributed by atoms with E-state index in [2.05, 4.69) is 26.2 Å². The Hall–Kier alpha value is -2.22. The lowest BCUT2D eigenvalue weighted by atomic mass is 10.0. The molecule has 1 rings (SSSR count). The van der Waals surface area contributed by atoms with Crippen molar-refractivity contribution in [3.8, 4) is 0 Å². The topological polar surface area (TPSA) is 71.0 Å². The summed E-state index contributed by atoms with van der Waals surface area (Å²) in [6.07, 6.45) is 1.79. The molecule has 0 aliphatic carbocycles. The Morgan fingerprint density at radius 1 is 1.26 bits per heavy atom. The second-order valence-electron chi connectivity index (χ2n) is 8.77. The molecule has 8 heteroatoms. The van der Waals surface area contributed by atoms with Crippen LogP contribution in [0.5, 0.6) is 0 Å². The third-order valence-corrected chi connectivity index (χ3v) is 4.74. The Morgan fingerprint density at radius 2 is 1.90 bits per heavy atom. The molecule has 0 aliphatic heterocycles. The summed E-state index contributed by atoms with van der Waals surface area (Å²) in [5, 5.41) is 2.51. The number of nitrogens with zero attached hydrogens (tertiary/aromatic N) is 2. The molecule has 0 fully saturated rings. The molecule has 1 N–H and O–H groups in total. The average molecular weight is 498 g/mol. The molecule has 0 atom stereocenters. The van der Waals surface area contributed by atoms with Crippen LogP contribution < -0.4 is 5.32 Å². The van der Waals surface area contributed by atoms with E-state index in [1.807, 2.05) is 20.8 Å². The van der Waals surface area contributed by atoms with Crippen LogP contribution in [0.25, 0.3) is 5.70 Å². The molecular weight excluding hydrogens is 465 g/mol. The summed E-state index contributed by atoms with van der Waals surface area (Å²) in [7, 11) is 0. The third kappa shape index (κ3) is 8.81. The normalized spacial score (nSPS) is 12.7. The maximum absolute atomic E-state index is 13.6. The molecule has 0 spiro atoms. The lowest BCUT2D eigenvalue weighted by Crippen LogP contribution is -2.52. The maximum atomic E-state index is 13.6. The molecule has 31 heavy (non-hydrogen) atoms. The Morgan fingerprint density at radius 3 is 2.42 bits per heavy atom. The highest BCUT2D eigenvalue weighted by atomic mass is 79.9. The van der Waals surface area contributed by atoms with Gasteiger partial charge in [0.15, 0.2) is 0 Å². The largest absolute Gasteiger partial charge is 0.444 e. The Bertz CT molecular complexity index is 845. The average Bonchev–Trinajstić information content (AvgIpc) is 2.65. The van der Waals surface area contributed by atoms with Crippen LogP contribution in [0.4, 0.5) is 9.18 Å². The molecule has 0 aliphatic rings. The van der Waals surface area contributed by atoms with Crippen molar-refractivity contribution in [2.45, 2.75) is 66.0 Å². The van der Waals surface area contributed by atoms with Crippen molar-refractivity contribution in [3.05, 3.63) is 40.1 Å². The van der Waals surface area contributed by atoms with E-state index < -0.39 is 17.2 Å². The van der Waals surface area contributed by atoms with E-state index in [-0.39, 0.29) is 18.3 Å². The van der Waals surface area contributed by atoms with Gasteiger partial charge < -0.3 is 15.0 Å². The summed E-state index contributed by atoms with van der Waals surface area (Å²) in [6, 6.07) is 4.77. The fraction of sp³-hybridized carbons (Fsp3) is 0.522. The molecule has 0 aromatic heterocycles. The zero-order chi connectivity index (χ0) is 23.8. The number of nitrogens with one attached hydrogen (secondary N) is 1. The number of carbonyl (C=O) groups excluding carboxylic acids is 2. The first-order valence-corrected chi connectivity index (χ1v) is 11.1. The first-order chi connectivity index (χ1) is 14.3. The van der Waals surface area contributed by atoms with Crippen LogP contribution in [0.1, 0.15) is 59.1 Å². The molecule has 172 valence electrons. The first-order valence-electron chi connectivity index (χ1n) is 10.2. The van der Waals surface area contributed by atoms with Crippen molar-refractivity contribution in [2.75, 3.05) is 13.1 Å². The summed E-state index contributed by atoms with van der Waals surface area (Å²) in [4.78, 5) is 32.6. The predicted octanol–water partition coefficient (Wildman–Crippen LogP) is 5.44. The second-order valence-corrected chi connectivity index (χ2v) is 9.23. The summed E-state index contributed by atoms with van der Waals surface area (Å²) in [5.41, 5.74) is 0.516. The molecule has 0 heterocycles. The van der Waals surface area contributed by atoms with Gasteiger partial charge in [0.25, 0.3) is 0 Å². The zero-order valence-electron chi connectivity index (χ0n) is 19.4. The van der Waals surface area contributed by atoms with Crippen LogP contribution in [0.15, 0.2) is 28.2 Å². The van der Waals surface area contributed by atoms with Gasteiger partial charge in [0.2, 0.25) is 5.91 Å². The SMILES string of the molecule is CCCN(C(=O)CNC(=O)OC(C)(C)C)C(C)(C)C=NC(=CBr)c1ccc(F)c(C)c1. The minimum atomic E-state index is -0.723. The second kappa shape index (κ2) is 11.4. The molecule has 6 nitrogen and oxygen atoms in total. The van der Waals surface area contributed by atoms with Gasteiger partial charge in [-0.05, 0) is 71.7 Å². The molecule has 1 aromatic carbocycles. The molecule has 0 unspecified atom stereocenters. The van der Waals surface area contributed by atoms with Crippen LogP contribution in [-0.2, 0) is 9.53 Å². The van der Waals surface area contributed by atoms with Gasteiger partial charge in [-0.3, -0.25) is 9.79 Å². The number of rotatable bonds is 8. The van der Waals surface area contributed by atoms with Crippen LogP contribution in [0.2, 0.25) is 0 Å². The lowest BCUT2D eigenvalue weighted by Gasteiger charge is -2.36. The highest BCUT2D eigenvalue weighted by Gasteiger charge is 2.29. The Kier molecular flexibility index (Phi) is 9.87. The number of benzene rings is 1. The number of carbonyl (C=O) groups is 2. The summed E-state index contributed by atoms with van der Waals surface area (Å²) >= 11 is 3.31. The van der Waals surface area contributed by atoms with Crippen LogP contribution >= 0.6 is 15.9 Å². The van der Waals surface area contributed by atoms with Crippen molar-refractivity contribution in [1.82, 2.24) is 10.2 Å². The molecule has 0 bridgehead atoms. The quantitative estimate of drug-likeness (QED) is 0.486. The number of ether oxygens (including phenoxy) is 1. The van der Waals surface area contributed by atoms with E-state index in [0.717, 1.165) is 12.0 Å². The highest BCUT2D eigenvalue weighted by molar-refractivity contribution is 9.11. The Balaban J connectivity index is 2.97. The molecule has 1 aromatic rings. The van der Waals surface area contributed by atoms with Gasteiger partial charge in [0, 0.05) is 23.3 Å². The Labute approximate surface area is 193 Å². The summed E-state index contributed by atoms with van der Waals surface area (Å²) < 4.78 is 18.8. The fourth-order valence-electron chi connectivity index (χ4n) is 2.78. The minimum Gasteiger partial charge on any atom is -0.444 e. The predicted molar refractivity (Wildman–Crippen MR) is 127 cm³/mol. The van der Waals surface area contributed by atoms with E-state index in [0.29, 0.717) is 17.8 Å². The van der Waals surface area contributed by atoms with Gasteiger partial charge in [0.05, 0.1) is 11.2 Å². The number of hydrogen-bond donors (Lipinski definition) is 1. The van der Waals surface area contributed by atoms with E-state index in [1.165, 1.54) is 6.07 Å². The lowest BCUT2D eigenvalue weighted by molar-refractivity contribution is -0.133. The molecular formula is C23H33BrFN3O3. The van der Waals surface area contributed by atoms with Gasteiger partial charge in [-0.25, -0.2) is 9.18 Å². The third-order valence-electron chi connectivity index (χ3n) is 4.30. The van der Waals surface area contributed by atoms with Crippen molar-refractivity contribution >= 4 is 39.8 Å². The van der Waals surface area contributed by atoms with Gasteiger partial charge in [-0.1, -0.05) is 22.9 Å². The number of alkyl carbamates (subject to hydrolysis) is 1. The zero-order valence-corrected chi connectivity index (χ0v) is 21.0. The van der Waals surface area contributed by atoms with E-state index >= 15 is 0 Å². The standard InChI is InChI=1S/C23H33BrFN3O3/c1-8-11-28(20(29)14-26-21(30)31-22(3,4)5)23(6,7)15-27-19(13-24)17-9-10-18(25)16(2)12-17/h9-10,12-13,15H,8,11,14H2,1-7H3,(H,26,30). The van der Waals surface area contributed by atoms with Gasteiger partial charge in [-0.15, -0.1) is 0 Å². The summed E-state index contributed by atoms with van der Waals surface area (Å²) in [6.45, 7) is 13.0. The number of amides is 2. The van der Waals surface area contributed by atoms with Gasteiger partial charge in [0.1, 0.15) is 18.0 Å². The smallest absolute Gasteiger partial charge is 0.408 e. The van der Waals surface area contributed by atoms with Crippen molar-refractivity contribution in [1.29, 1.82) is 0 Å². The van der Waals surface area contributed by atoms with Crippen LogP contribution in [-0.4, -0.2) is 47.3 Å². The molecule has 0 radical (unpaired) electrons. The number of halogens is 2. The van der Waals surface area contributed by atoms with Gasteiger partial charge >= 0.3 is 6.09 Å². The number of aryl methyl sites for hydroxylation is 1. The van der Waals surface area contributed by atoms with Crippen LogP contribution in [0.3, 0.4) is 0 Å². The maximum Gasteiger partial charge on any atom is 0.408 e. The number of hydrogen-bond acceptors (Lipinski definition) is 4.